The average molecular weight is 278 g/mol. The Morgan fingerprint density at radius 2 is 1.83 bits per heavy atom. The molecule has 0 spiro atoms. The molecule has 1 unspecified atom stereocenters. The van der Waals surface area contributed by atoms with Crippen molar-refractivity contribution in [2.24, 2.45) is 0 Å². The number of carbonyl (C=O) groups is 1. The molecule has 0 heterocycles. The second kappa shape index (κ2) is 7.74. The number of hydrogen-bond acceptors (Lipinski definition) is 3. The lowest BCUT2D eigenvalue weighted by molar-refractivity contribution is -0.133. The van der Waals surface area contributed by atoms with Gasteiger partial charge < -0.3 is 4.90 Å². The number of carbonyl (C=O) groups excluding carboxylic acids is 1. The second-order valence-corrected chi connectivity index (χ2v) is 6.81. The lowest BCUT2D eigenvalue weighted by Crippen LogP contribution is -2.45. The van der Waals surface area contributed by atoms with E-state index in [0.717, 1.165) is 29.8 Å². The van der Waals surface area contributed by atoms with E-state index in [4.69, 9.17) is 0 Å². The van der Waals surface area contributed by atoms with Crippen LogP contribution in [0.4, 0.5) is 0 Å². The minimum Gasteiger partial charge on any atom is -0.339 e. The van der Waals surface area contributed by atoms with Crippen LogP contribution in [-0.2, 0) is 14.8 Å². The van der Waals surface area contributed by atoms with Crippen LogP contribution in [0.3, 0.4) is 0 Å². The van der Waals surface area contributed by atoms with Gasteiger partial charge in [0, 0.05) is 19.6 Å². The first-order chi connectivity index (χ1) is 8.23. The molecule has 0 bridgehead atoms. The van der Waals surface area contributed by atoms with E-state index in [-0.39, 0.29) is 18.5 Å². The molecule has 18 heavy (non-hydrogen) atoms. The number of unbranched alkanes of at least 4 members (excludes halogenated alkanes) is 1. The summed E-state index contributed by atoms with van der Waals surface area (Å²) in [7, 11) is -1.87. The summed E-state index contributed by atoms with van der Waals surface area (Å²) in [5.74, 6) is -0.120. The first-order valence-electron chi connectivity index (χ1n) is 6.44. The third kappa shape index (κ3) is 5.82. The van der Waals surface area contributed by atoms with Crippen molar-refractivity contribution in [3.05, 3.63) is 0 Å². The van der Waals surface area contributed by atoms with Gasteiger partial charge in [0.25, 0.3) is 0 Å². The molecule has 0 aromatic rings. The molecule has 5 nitrogen and oxygen atoms in total. The Bertz CT molecular complexity index is 354. The third-order valence-corrected chi connectivity index (χ3v) is 4.38. The highest BCUT2D eigenvalue weighted by atomic mass is 32.2. The minimum absolute atomic E-state index is 0.0765. The van der Waals surface area contributed by atoms with Crippen LogP contribution < -0.4 is 0 Å². The zero-order valence-electron chi connectivity index (χ0n) is 12.1. The Morgan fingerprint density at radius 3 is 2.22 bits per heavy atom. The number of rotatable bonds is 8. The summed E-state index contributed by atoms with van der Waals surface area (Å²) in [5, 5.41) is 0. The van der Waals surface area contributed by atoms with E-state index in [1.54, 1.807) is 4.90 Å². The van der Waals surface area contributed by atoms with Crippen LogP contribution in [0.15, 0.2) is 0 Å². The van der Waals surface area contributed by atoms with Crippen molar-refractivity contribution in [2.75, 3.05) is 26.4 Å². The summed E-state index contributed by atoms with van der Waals surface area (Å²) in [6, 6.07) is 0.150. The molecule has 1 atom stereocenters. The number of likely N-dealkylation sites (N-methyl/N-ethyl adjacent to an activating group) is 1. The Morgan fingerprint density at radius 1 is 1.28 bits per heavy atom. The summed E-state index contributed by atoms with van der Waals surface area (Å²) in [6.45, 7) is 6.71. The van der Waals surface area contributed by atoms with Gasteiger partial charge in [-0.05, 0) is 19.8 Å². The molecule has 1 amide bonds. The van der Waals surface area contributed by atoms with Crippen LogP contribution in [0.2, 0.25) is 0 Å². The summed E-state index contributed by atoms with van der Waals surface area (Å²) < 4.78 is 23.7. The monoisotopic (exact) mass is 278 g/mol. The van der Waals surface area contributed by atoms with E-state index in [9.17, 15) is 13.2 Å². The molecule has 0 aliphatic rings. The van der Waals surface area contributed by atoms with Crippen LogP contribution in [-0.4, -0.2) is 56.0 Å². The van der Waals surface area contributed by atoms with Gasteiger partial charge in [-0.3, -0.25) is 4.79 Å². The molecule has 0 aliphatic heterocycles. The van der Waals surface area contributed by atoms with E-state index in [1.807, 2.05) is 13.8 Å². The van der Waals surface area contributed by atoms with Crippen LogP contribution in [0.1, 0.15) is 40.0 Å². The molecule has 0 saturated carbocycles. The number of hydrogen-bond donors (Lipinski definition) is 0. The van der Waals surface area contributed by atoms with E-state index in [2.05, 4.69) is 6.92 Å². The lowest BCUT2D eigenvalue weighted by Gasteiger charge is -2.30. The molecule has 0 saturated heterocycles. The molecule has 0 aliphatic carbocycles. The Hall–Kier alpha value is -0.620. The lowest BCUT2D eigenvalue weighted by atomic mass is 10.2. The molecule has 108 valence electrons. The highest BCUT2D eigenvalue weighted by molar-refractivity contribution is 7.88. The molecule has 0 N–H and O–H groups in total. The molecule has 6 heteroatoms. The third-order valence-electron chi connectivity index (χ3n) is 3.12. The molecule has 0 radical (unpaired) electrons. The Kier molecular flexibility index (Phi) is 7.47. The second-order valence-electron chi connectivity index (χ2n) is 4.72. The molecular formula is C12H26N2O3S. The maximum atomic E-state index is 12.1. The van der Waals surface area contributed by atoms with Crippen molar-refractivity contribution in [3.63, 3.8) is 0 Å². The SMILES string of the molecule is CCCCN(C(=O)CN(C)S(C)(=O)=O)C(C)CC. The zero-order valence-corrected chi connectivity index (χ0v) is 13.0. The van der Waals surface area contributed by atoms with Gasteiger partial charge in [0.2, 0.25) is 15.9 Å². The minimum atomic E-state index is -3.30. The largest absolute Gasteiger partial charge is 0.339 e. The maximum Gasteiger partial charge on any atom is 0.238 e. The van der Waals surface area contributed by atoms with Crippen LogP contribution in [0.25, 0.3) is 0 Å². The van der Waals surface area contributed by atoms with Gasteiger partial charge in [-0.1, -0.05) is 20.3 Å². The predicted octanol–water partition coefficient (Wildman–Crippen LogP) is 1.31. The van der Waals surface area contributed by atoms with Crippen molar-refractivity contribution in [1.29, 1.82) is 0 Å². The smallest absolute Gasteiger partial charge is 0.238 e. The Labute approximate surface area is 111 Å². The molecule has 0 aromatic carbocycles. The van der Waals surface area contributed by atoms with Crippen LogP contribution in [0.5, 0.6) is 0 Å². The van der Waals surface area contributed by atoms with E-state index in [0.29, 0.717) is 6.54 Å². The fourth-order valence-corrected chi connectivity index (χ4v) is 1.88. The molecule has 0 aromatic heterocycles. The fraction of sp³-hybridized carbons (Fsp3) is 0.917. The average Bonchev–Trinajstić information content (AvgIpc) is 2.27. The van der Waals surface area contributed by atoms with Crippen molar-refractivity contribution in [3.8, 4) is 0 Å². The van der Waals surface area contributed by atoms with Gasteiger partial charge in [-0.25, -0.2) is 8.42 Å². The highest BCUT2D eigenvalue weighted by Crippen LogP contribution is 2.07. The van der Waals surface area contributed by atoms with Crippen LogP contribution >= 0.6 is 0 Å². The maximum absolute atomic E-state index is 12.1. The van der Waals surface area contributed by atoms with Crippen LogP contribution in [0, 0.1) is 0 Å². The normalized spacial score (nSPS) is 13.7. The van der Waals surface area contributed by atoms with Gasteiger partial charge >= 0.3 is 0 Å². The van der Waals surface area contributed by atoms with Crippen molar-refractivity contribution in [1.82, 2.24) is 9.21 Å². The first kappa shape index (κ1) is 17.4. The molecule has 0 rings (SSSR count). The summed E-state index contributed by atoms with van der Waals surface area (Å²) >= 11 is 0. The summed E-state index contributed by atoms with van der Waals surface area (Å²) in [4.78, 5) is 13.9. The van der Waals surface area contributed by atoms with E-state index >= 15 is 0 Å². The van der Waals surface area contributed by atoms with Crippen molar-refractivity contribution < 1.29 is 13.2 Å². The standard InChI is InChI=1S/C12H26N2O3S/c1-6-8-9-14(11(3)7-2)12(15)10-13(4)18(5,16)17/h11H,6-10H2,1-5H3. The predicted molar refractivity (Wildman–Crippen MR) is 73.8 cm³/mol. The summed E-state index contributed by atoms with van der Waals surface area (Å²) in [5.41, 5.74) is 0. The van der Waals surface area contributed by atoms with Gasteiger partial charge in [0.1, 0.15) is 0 Å². The zero-order chi connectivity index (χ0) is 14.3. The quantitative estimate of drug-likeness (QED) is 0.672. The van der Waals surface area contributed by atoms with Crippen molar-refractivity contribution >= 4 is 15.9 Å². The van der Waals surface area contributed by atoms with Gasteiger partial charge in [0.15, 0.2) is 0 Å². The van der Waals surface area contributed by atoms with Gasteiger partial charge in [0.05, 0.1) is 12.8 Å². The topological polar surface area (TPSA) is 57.7 Å². The first-order valence-corrected chi connectivity index (χ1v) is 8.29. The highest BCUT2D eigenvalue weighted by Gasteiger charge is 2.22. The number of amides is 1. The van der Waals surface area contributed by atoms with Crippen molar-refractivity contribution in [2.45, 2.75) is 46.1 Å². The van der Waals surface area contributed by atoms with Gasteiger partial charge in [-0.15, -0.1) is 0 Å². The number of nitrogens with zero attached hydrogens (tertiary/aromatic N) is 2. The van der Waals surface area contributed by atoms with E-state index < -0.39 is 10.0 Å². The molecular weight excluding hydrogens is 252 g/mol. The Balaban J connectivity index is 4.65. The fourth-order valence-electron chi connectivity index (χ4n) is 1.54. The molecule has 0 fully saturated rings. The van der Waals surface area contributed by atoms with Gasteiger partial charge in [-0.2, -0.15) is 4.31 Å². The summed E-state index contributed by atoms with van der Waals surface area (Å²) in [6.07, 6.45) is 3.94. The van der Waals surface area contributed by atoms with E-state index in [1.165, 1.54) is 7.05 Å². The number of sulfonamides is 1.